The van der Waals surface area contributed by atoms with Crippen molar-refractivity contribution >= 4 is 23.3 Å². The number of fused-ring (bicyclic) bond motifs is 1. The van der Waals surface area contributed by atoms with Gasteiger partial charge in [0.2, 0.25) is 11.8 Å². The second-order valence-corrected chi connectivity index (χ2v) is 3.72. The minimum atomic E-state index is 0.355. The molecule has 2 aromatic heterocycles. The quantitative estimate of drug-likeness (QED) is 0.654. The van der Waals surface area contributed by atoms with Gasteiger partial charge in [-0.25, -0.2) is 0 Å². The summed E-state index contributed by atoms with van der Waals surface area (Å²) in [6.07, 6.45) is 0. The SMILES string of the molecule is Cc1nnc(-c2ccc3oc(=S)[nH]c3c2)o1. The van der Waals surface area contributed by atoms with Crippen LogP contribution in [0.5, 0.6) is 0 Å². The zero-order valence-corrected chi connectivity index (χ0v) is 9.17. The van der Waals surface area contributed by atoms with Gasteiger partial charge in [0, 0.05) is 12.5 Å². The van der Waals surface area contributed by atoms with Crippen molar-refractivity contribution in [2.24, 2.45) is 0 Å². The lowest BCUT2D eigenvalue weighted by Crippen LogP contribution is -1.78. The molecule has 0 atom stereocenters. The van der Waals surface area contributed by atoms with Crippen LogP contribution in [-0.2, 0) is 0 Å². The van der Waals surface area contributed by atoms with E-state index in [0.29, 0.717) is 22.2 Å². The van der Waals surface area contributed by atoms with Gasteiger partial charge in [-0.2, -0.15) is 0 Å². The number of nitrogens with zero attached hydrogens (tertiary/aromatic N) is 2. The summed E-state index contributed by atoms with van der Waals surface area (Å²) in [5.41, 5.74) is 2.36. The fourth-order valence-corrected chi connectivity index (χ4v) is 1.70. The normalized spacial score (nSPS) is 11.1. The lowest BCUT2D eigenvalue weighted by Gasteiger charge is -1.93. The Balaban J connectivity index is 2.21. The third-order valence-electron chi connectivity index (χ3n) is 2.19. The lowest BCUT2D eigenvalue weighted by molar-refractivity contribution is 0.533. The number of rotatable bonds is 1. The first-order chi connectivity index (χ1) is 7.72. The first-order valence-electron chi connectivity index (χ1n) is 4.66. The van der Waals surface area contributed by atoms with E-state index in [1.807, 2.05) is 18.2 Å². The van der Waals surface area contributed by atoms with Gasteiger partial charge in [0.1, 0.15) is 0 Å². The molecule has 0 aliphatic rings. The van der Waals surface area contributed by atoms with Gasteiger partial charge >= 0.3 is 0 Å². The van der Waals surface area contributed by atoms with Gasteiger partial charge in [-0.15, -0.1) is 10.2 Å². The van der Waals surface area contributed by atoms with E-state index in [2.05, 4.69) is 15.2 Å². The van der Waals surface area contributed by atoms with Gasteiger partial charge in [-0.05, 0) is 30.4 Å². The Morgan fingerprint density at radius 1 is 1.25 bits per heavy atom. The molecule has 6 heteroatoms. The predicted molar refractivity (Wildman–Crippen MR) is 59.4 cm³/mol. The molecule has 3 aromatic rings. The molecule has 0 amide bonds. The highest BCUT2D eigenvalue weighted by Crippen LogP contribution is 2.22. The summed E-state index contributed by atoms with van der Waals surface area (Å²) in [6.45, 7) is 1.75. The molecule has 0 bridgehead atoms. The third-order valence-corrected chi connectivity index (χ3v) is 2.38. The van der Waals surface area contributed by atoms with E-state index >= 15 is 0 Å². The Bertz CT molecular complexity index is 710. The van der Waals surface area contributed by atoms with E-state index in [-0.39, 0.29) is 0 Å². The molecular formula is C10H7N3O2S. The Labute approximate surface area is 95.1 Å². The summed E-state index contributed by atoms with van der Waals surface area (Å²) in [4.78, 5) is 3.29. The fourth-order valence-electron chi connectivity index (χ4n) is 1.50. The maximum atomic E-state index is 5.33. The molecule has 0 aliphatic heterocycles. The molecule has 0 spiro atoms. The van der Waals surface area contributed by atoms with Crippen molar-refractivity contribution in [1.82, 2.24) is 15.2 Å². The Morgan fingerprint density at radius 2 is 2.12 bits per heavy atom. The first kappa shape index (κ1) is 9.29. The zero-order valence-electron chi connectivity index (χ0n) is 8.35. The van der Waals surface area contributed by atoms with Gasteiger partial charge in [0.25, 0.3) is 4.84 Å². The highest BCUT2D eigenvalue weighted by atomic mass is 32.1. The monoisotopic (exact) mass is 233 g/mol. The van der Waals surface area contributed by atoms with Gasteiger partial charge < -0.3 is 13.8 Å². The van der Waals surface area contributed by atoms with E-state index < -0.39 is 0 Å². The van der Waals surface area contributed by atoms with Crippen LogP contribution in [0, 0.1) is 11.8 Å². The van der Waals surface area contributed by atoms with E-state index in [0.717, 1.165) is 11.1 Å². The molecule has 1 N–H and O–H groups in total. The third kappa shape index (κ3) is 1.43. The number of aromatic nitrogens is 3. The van der Waals surface area contributed by atoms with Gasteiger partial charge in [0.15, 0.2) is 5.58 Å². The maximum absolute atomic E-state index is 5.33. The van der Waals surface area contributed by atoms with Crippen LogP contribution < -0.4 is 0 Å². The van der Waals surface area contributed by atoms with E-state index in [1.165, 1.54) is 0 Å². The Hall–Kier alpha value is -1.95. The number of nitrogens with one attached hydrogen (secondary N) is 1. The van der Waals surface area contributed by atoms with Crippen LogP contribution in [0.4, 0.5) is 0 Å². The number of hydrogen-bond acceptors (Lipinski definition) is 5. The second kappa shape index (κ2) is 3.28. The molecule has 0 saturated carbocycles. The van der Waals surface area contributed by atoms with Gasteiger partial charge in [-0.1, -0.05) is 0 Å². The maximum Gasteiger partial charge on any atom is 0.266 e. The van der Waals surface area contributed by atoms with Crippen LogP contribution in [0.15, 0.2) is 27.0 Å². The van der Waals surface area contributed by atoms with Crippen molar-refractivity contribution in [2.45, 2.75) is 6.92 Å². The molecule has 2 heterocycles. The van der Waals surface area contributed by atoms with Crippen LogP contribution in [0.25, 0.3) is 22.6 Å². The van der Waals surface area contributed by atoms with Crippen molar-refractivity contribution in [3.63, 3.8) is 0 Å². The average Bonchev–Trinajstić information content (AvgIpc) is 2.81. The predicted octanol–water partition coefficient (Wildman–Crippen LogP) is 2.85. The van der Waals surface area contributed by atoms with Crippen molar-refractivity contribution in [3.8, 4) is 11.5 Å². The number of aromatic amines is 1. The molecule has 0 fully saturated rings. The van der Waals surface area contributed by atoms with Crippen LogP contribution in [0.1, 0.15) is 5.89 Å². The minimum Gasteiger partial charge on any atom is -0.429 e. The average molecular weight is 233 g/mol. The first-order valence-corrected chi connectivity index (χ1v) is 5.06. The molecule has 0 aliphatic carbocycles. The van der Waals surface area contributed by atoms with Crippen LogP contribution in [0.2, 0.25) is 0 Å². The Kier molecular flexibility index (Phi) is 1.90. The minimum absolute atomic E-state index is 0.355. The molecule has 0 saturated heterocycles. The summed E-state index contributed by atoms with van der Waals surface area (Å²) in [5, 5.41) is 7.72. The van der Waals surface area contributed by atoms with Crippen molar-refractivity contribution < 1.29 is 8.83 Å². The number of H-pyrrole nitrogens is 1. The fraction of sp³-hybridized carbons (Fsp3) is 0.100. The van der Waals surface area contributed by atoms with Gasteiger partial charge in [0.05, 0.1) is 5.52 Å². The largest absolute Gasteiger partial charge is 0.429 e. The highest BCUT2D eigenvalue weighted by Gasteiger charge is 2.08. The molecular weight excluding hydrogens is 226 g/mol. The number of oxazole rings is 1. The van der Waals surface area contributed by atoms with E-state index in [4.69, 9.17) is 21.1 Å². The topological polar surface area (TPSA) is 67.8 Å². The van der Waals surface area contributed by atoms with Crippen LogP contribution in [-0.4, -0.2) is 15.2 Å². The van der Waals surface area contributed by atoms with E-state index in [9.17, 15) is 0 Å². The molecule has 80 valence electrons. The van der Waals surface area contributed by atoms with Crippen molar-refractivity contribution in [1.29, 1.82) is 0 Å². The van der Waals surface area contributed by atoms with E-state index in [1.54, 1.807) is 6.92 Å². The van der Waals surface area contributed by atoms with Gasteiger partial charge in [-0.3, -0.25) is 0 Å². The second-order valence-electron chi connectivity index (χ2n) is 3.35. The summed E-state index contributed by atoms with van der Waals surface area (Å²) in [5.74, 6) is 1.02. The van der Waals surface area contributed by atoms with Crippen molar-refractivity contribution in [2.75, 3.05) is 0 Å². The van der Waals surface area contributed by atoms with Crippen molar-refractivity contribution in [3.05, 3.63) is 28.9 Å². The smallest absolute Gasteiger partial charge is 0.266 e. The zero-order chi connectivity index (χ0) is 11.1. The number of hydrogen-bond donors (Lipinski definition) is 1. The summed E-state index contributed by atoms with van der Waals surface area (Å²) < 4.78 is 10.6. The van der Waals surface area contributed by atoms with Crippen LogP contribution >= 0.6 is 12.2 Å². The lowest BCUT2D eigenvalue weighted by atomic mass is 10.2. The molecule has 1 aromatic carbocycles. The molecule has 3 rings (SSSR count). The molecule has 0 radical (unpaired) electrons. The molecule has 0 unspecified atom stereocenters. The molecule has 5 nitrogen and oxygen atoms in total. The highest BCUT2D eigenvalue weighted by molar-refractivity contribution is 7.71. The Morgan fingerprint density at radius 3 is 2.88 bits per heavy atom. The number of aryl methyl sites for hydroxylation is 1. The standard InChI is InChI=1S/C10H7N3O2S/c1-5-12-13-9(14-5)6-2-3-8-7(4-6)11-10(16)15-8/h2-4H,1H3,(H,11,16). The van der Waals surface area contributed by atoms with Crippen LogP contribution in [0.3, 0.4) is 0 Å². The summed E-state index contributed by atoms with van der Waals surface area (Å²) in [6, 6.07) is 5.53. The summed E-state index contributed by atoms with van der Waals surface area (Å²) >= 11 is 4.90. The molecule has 16 heavy (non-hydrogen) atoms. The summed E-state index contributed by atoms with van der Waals surface area (Å²) in [7, 11) is 0. The number of benzene rings is 1.